The molecule has 0 spiro atoms. The number of nitrogens with one attached hydrogen (secondary N) is 1. The van der Waals surface area contributed by atoms with Crippen molar-refractivity contribution in [3.05, 3.63) is 74.9 Å². The first-order valence-corrected chi connectivity index (χ1v) is 11.2. The molecule has 3 aromatic rings. The molecule has 164 valence electrons. The number of carbonyl (C=O) groups excluding carboxylic acids is 1. The van der Waals surface area contributed by atoms with Crippen molar-refractivity contribution in [2.24, 2.45) is 0 Å². The molecule has 1 heterocycles. The smallest absolute Gasteiger partial charge is 0.227 e. The predicted molar refractivity (Wildman–Crippen MR) is 124 cm³/mol. The Morgan fingerprint density at radius 3 is 2.58 bits per heavy atom. The Bertz CT molecular complexity index is 1090. The molecule has 0 fully saturated rings. The second-order valence-electron chi connectivity index (χ2n) is 8.86. The Hall–Kier alpha value is -2.57. The van der Waals surface area contributed by atoms with Crippen LogP contribution in [0.25, 0.3) is 11.3 Å². The second-order valence-corrected chi connectivity index (χ2v) is 9.94. The first kappa shape index (κ1) is 23.1. The summed E-state index contributed by atoms with van der Waals surface area (Å²) in [5.74, 6) is -1.20. The zero-order chi connectivity index (χ0) is 22.8. The summed E-state index contributed by atoms with van der Waals surface area (Å²) in [6.45, 7) is 10.2. The SMILES string of the molecule is Cc1cccc(-c2nc(C(C)(C)C)sc2CNC(=O)C(C)c2ccc(CO)c(F)c2)c1. The van der Waals surface area contributed by atoms with Crippen LogP contribution in [0.15, 0.2) is 42.5 Å². The highest BCUT2D eigenvalue weighted by atomic mass is 32.1. The van der Waals surface area contributed by atoms with Crippen LogP contribution >= 0.6 is 11.3 Å². The van der Waals surface area contributed by atoms with Crippen LogP contribution in [-0.2, 0) is 23.4 Å². The highest BCUT2D eigenvalue weighted by Crippen LogP contribution is 2.35. The average Bonchev–Trinajstić information content (AvgIpc) is 3.16. The number of aryl methyl sites for hydroxylation is 1. The molecular weight excluding hydrogens is 411 g/mol. The molecule has 0 saturated heterocycles. The lowest BCUT2D eigenvalue weighted by Crippen LogP contribution is -2.27. The Kier molecular flexibility index (Phi) is 6.92. The van der Waals surface area contributed by atoms with Crippen LogP contribution in [0.5, 0.6) is 0 Å². The second kappa shape index (κ2) is 9.28. The van der Waals surface area contributed by atoms with Gasteiger partial charge in [-0.05, 0) is 31.5 Å². The van der Waals surface area contributed by atoms with Crippen molar-refractivity contribution in [2.45, 2.75) is 59.1 Å². The van der Waals surface area contributed by atoms with Gasteiger partial charge < -0.3 is 10.4 Å². The summed E-state index contributed by atoms with van der Waals surface area (Å²) in [4.78, 5) is 18.7. The van der Waals surface area contributed by atoms with E-state index in [-0.39, 0.29) is 23.5 Å². The number of halogens is 1. The van der Waals surface area contributed by atoms with E-state index >= 15 is 0 Å². The molecule has 6 heteroatoms. The highest BCUT2D eigenvalue weighted by molar-refractivity contribution is 7.12. The topological polar surface area (TPSA) is 62.2 Å². The Morgan fingerprint density at radius 2 is 1.97 bits per heavy atom. The van der Waals surface area contributed by atoms with E-state index in [0.717, 1.165) is 26.7 Å². The van der Waals surface area contributed by atoms with Crippen LogP contribution in [0, 0.1) is 12.7 Å². The van der Waals surface area contributed by atoms with Crippen molar-refractivity contribution < 1.29 is 14.3 Å². The van der Waals surface area contributed by atoms with Crippen LogP contribution in [0.1, 0.15) is 60.2 Å². The molecule has 0 aliphatic rings. The molecule has 0 aliphatic heterocycles. The van der Waals surface area contributed by atoms with Gasteiger partial charge in [0.25, 0.3) is 0 Å². The molecule has 0 radical (unpaired) electrons. The third-order valence-corrected chi connectivity index (χ3v) is 6.68. The van der Waals surface area contributed by atoms with Gasteiger partial charge in [-0.2, -0.15) is 0 Å². The molecule has 1 amide bonds. The van der Waals surface area contributed by atoms with Gasteiger partial charge in [0.2, 0.25) is 5.91 Å². The molecule has 1 unspecified atom stereocenters. The van der Waals surface area contributed by atoms with E-state index in [0.29, 0.717) is 12.1 Å². The molecule has 1 atom stereocenters. The number of hydrogen-bond donors (Lipinski definition) is 2. The predicted octanol–water partition coefficient (Wildman–Crippen LogP) is 5.47. The molecule has 0 aliphatic carbocycles. The number of aliphatic hydroxyl groups is 1. The maximum Gasteiger partial charge on any atom is 0.227 e. The number of thiazole rings is 1. The van der Waals surface area contributed by atoms with Crippen molar-refractivity contribution in [1.29, 1.82) is 0 Å². The largest absolute Gasteiger partial charge is 0.392 e. The lowest BCUT2D eigenvalue weighted by molar-refractivity contribution is -0.122. The van der Waals surface area contributed by atoms with Crippen molar-refractivity contribution in [1.82, 2.24) is 10.3 Å². The fourth-order valence-corrected chi connectivity index (χ4v) is 4.32. The van der Waals surface area contributed by atoms with Crippen LogP contribution in [0.3, 0.4) is 0 Å². The minimum atomic E-state index is -0.514. The summed E-state index contributed by atoms with van der Waals surface area (Å²) < 4.78 is 14.0. The van der Waals surface area contributed by atoms with E-state index in [9.17, 15) is 9.18 Å². The molecular formula is C25H29FN2O2S. The maximum absolute atomic E-state index is 14.0. The van der Waals surface area contributed by atoms with Gasteiger partial charge in [0.05, 0.1) is 34.6 Å². The zero-order valence-electron chi connectivity index (χ0n) is 18.6. The van der Waals surface area contributed by atoms with Gasteiger partial charge in [0.15, 0.2) is 0 Å². The summed E-state index contributed by atoms with van der Waals surface area (Å²) in [6, 6.07) is 12.7. The van der Waals surface area contributed by atoms with Crippen LogP contribution in [0.2, 0.25) is 0 Å². The molecule has 0 bridgehead atoms. The van der Waals surface area contributed by atoms with Crippen LogP contribution in [0.4, 0.5) is 4.39 Å². The van der Waals surface area contributed by atoms with Crippen molar-refractivity contribution in [3.8, 4) is 11.3 Å². The molecule has 2 aromatic carbocycles. The fraction of sp³-hybridized carbons (Fsp3) is 0.360. The standard InChI is InChI=1S/C25H29FN2O2S/c1-15-7-6-8-18(11-15)22-21(31-24(28-22)25(3,4)5)13-27-23(30)16(2)17-9-10-19(14-29)20(26)12-17/h6-12,16,29H,13-14H2,1-5H3,(H,27,30). The lowest BCUT2D eigenvalue weighted by atomic mass is 9.98. The number of hydrogen-bond acceptors (Lipinski definition) is 4. The van der Waals surface area contributed by atoms with Crippen molar-refractivity contribution >= 4 is 17.2 Å². The first-order valence-electron chi connectivity index (χ1n) is 10.3. The van der Waals surface area contributed by atoms with E-state index in [4.69, 9.17) is 10.1 Å². The number of aliphatic hydroxyl groups excluding tert-OH is 1. The van der Waals surface area contributed by atoms with E-state index in [1.807, 2.05) is 25.1 Å². The molecule has 31 heavy (non-hydrogen) atoms. The summed E-state index contributed by atoms with van der Waals surface area (Å²) in [5.41, 5.74) is 3.78. The van der Waals surface area contributed by atoms with Gasteiger partial charge in [-0.15, -0.1) is 11.3 Å². The summed E-state index contributed by atoms with van der Waals surface area (Å²) in [5, 5.41) is 13.2. The third-order valence-electron chi connectivity index (χ3n) is 5.19. The van der Waals surface area contributed by atoms with Crippen molar-refractivity contribution in [2.75, 3.05) is 0 Å². The van der Waals surface area contributed by atoms with E-state index < -0.39 is 11.7 Å². The van der Waals surface area contributed by atoms with Gasteiger partial charge in [-0.25, -0.2) is 9.37 Å². The average molecular weight is 441 g/mol. The quantitative estimate of drug-likeness (QED) is 0.534. The molecule has 4 nitrogen and oxygen atoms in total. The number of aromatic nitrogens is 1. The Labute approximate surface area is 187 Å². The van der Waals surface area contributed by atoms with Gasteiger partial charge in [0.1, 0.15) is 5.82 Å². The van der Waals surface area contributed by atoms with Crippen LogP contribution in [-0.4, -0.2) is 16.0 Å². The van der Waals surface area contributed by atoms with Gasteiger partial charge in [0, 0.05) is 16.5 Å². The minimum absolute atomic E-state index is 0.0925. The van der Waals surface area contributed by atoms with Gasteiger partial charge >= 0.3 is 0 Å². The van der Waals surface area contributed by atoms with Gasteiger partial charge in [-0.3, -0.25) is 4.79 Å². The van der Waals surface area contributed by atoms with E-state index in [1.165, 1.54) is 12.1 Å². The monoisotopic (exact) mass is 440 g/mol. The van der Waals surface area contributed by atoms with Crippen molar-refractivity contribution in [3.63, 3.8) is 0 Å². The first-order chi connectivity index (χ1) is 14.6. The number of rotatable bonds is 6. The molecule has 3 rings (SSSR count). The summed E-state index contributed by atoms with van der Waals surface area (Å²) in [6.07, 6.45) is 0. The highest BCUT2D eigenvalue weighted by Gasteiger charge is 2.23. The Morgan fingerprint density at radius 1 is 1.23 bits per heavy atom. The summed E-state index contributed by atoms with van der Waals surface area (Å²) in [7, 11) is 0. The Balaban J connectivity index is 1.82. The number of carbonyl (C=O) groups is 1. The lowest BCUT2D eigenvalue weighted by Gasteiger charge is -2.14. The molecule has 1 aromatic heterocycles. The molecule has 0 saturated carbocycles. The minimum Gasteiger partial charge on any atom is -0.392 e. The van der Waals surface area contributed by atoms with Gasteiger partial charge in [-0.1, -0.05) is 56.7 Å². The van der Waals surface area contributed by atoms with E-state index in [2.05, 4.69) is 32.2 Å². The molecule has 2 N–H and O–H groups in total. The number of nitrogens with zero attached hydrogens (tertiary/aromatic N) is 1. The fourth-order valence-electron chi connectivity index (χ4n) is 3.24. The normalized spacial score (nSPS) is 12.6. The maximum atomic E-state index is 14.0. The number of amides is 1. The third kappa shape index (κ3) is 5.38. The van der Waals surface area contributed by atoms with Crippen LogP contribution < -0.4 is 5.32 Å². The zero-order valence-corrected chi connectivity index (χ0v) is 19.4. The number of benzene rings is 2. The van der Waals surface area contributed by atoms with E-state index in [1.54, 1.807) is 24.3 Å². The summed E-state index contributed by atoms with van der Waals surface area (Å²) >= 11 is 1.61.